The molecule has 0 saturated heterocycles. The molecule has 0 fully saturated rings. The predicted molar refractivity (Wildman–Crippen MR) is 89.9 cm³/mol. The number of rotatable bonds is 2. The summed E-state index contributed by atoms with van der Waals surface area (Å²) in [4.78, 5) is 16.6. The Morgan fingerprint density at radius 1 is 1.18 bits per heavy atom. The normalized spacial score (nSPS) is 10.6. The number of aromatic hydroxyl groups is 1. The summed E-state index contributed by atoms with van der Waals surface area (Å²) in [6.07, 6.45) is 1.55. The van der Waals surface area contributed by atoms with E-state index in [2.05, 4.69) is 26.2 Å². The number of fused-ring (bicyclic) bond motifs is 1. The van der Waals surface area contributed by atoms with Gasteiger partial charge in [-0.3, -0.25) is 9.78 Å². The summed E-state index contributed by atoms with van der Waals surface area (Å²) in [6.45, 7) is 0. The second-order valence-electron chi connectivity index (χ2n) is 4.75. The third-order valence-electron chi connectivity index (χ3n) is 3.20. The monoisotopic (exact) mass is 357 g/mol. The van der Waals surface area contributed by atoms with Gasteiger partial charge in [-0.2, -0.15) is 0 Å². The standard InChI is InChI=1S/C16H12BrN3O2/c17-9-6-13-12(14(18)7-9)4-5-19-15(13)16(22)20-10-2-1-3-11(21)8-10/h1-8,21H,18H2,(H,20,22). The second-order valence-corrected chi connectivity index (χ2v) is 5.67. The summed E-state index contributed by atoms with van der Waals surface area (Å²) < 4.78 is 0.775. The molecule has 0 aliphatic rings. The number of pyridine rings is 1. The maximum Gasteiger partial charge on any atom is 0.274 e. The number of nitrogen functional groups attached to an aromatic ring is 1. The number of halogens is 1. The summed E-state index contributed by atoms with van der Waals surface area (Å²) in [5, 5.41) is 13.6. The number of nitrogens with one attached hydrogen (secondary N) is 1. The van der Waals surface area contributed by atoms with Crippen LogP contribution in [0.25, 0.3) is 10.8 Å². The van der Waals surface area contributed by atoms with Crippen LogP contribution >= 0.6 is 15.9 Å². The highest BCUT2D eigenvalue weighted by Crippen LogP contribution is 2.28. The van der Waals surface area contributed by atoms with Gasteiger partial charge in [0.2, 0.25) is 0 Å². The number of benzene rings is 2. The zero-order valence-corrected chi connectivity index (χ0v) is 13.0. The van der Waals surface area contributed by atoms with Gasteiger partial charge in [-0.25, -0.2) is 0 Å². The molecular formula is C16H12BrN3O2. The lowest BCUT2D eigenvalue weighted by Crippen LogP contribution is -2.14. The highest BCUT2D eigenvalue weighted by Gasteiger charge is 2.14. The number of phenols is 1. The Morgan fingerprint density at radius 3 is 2.77 bits per heavy atom. The molecule has 1 amide bonds. The van der Waals surface area contributed by atoms with Crippen molar-refractivity contribution in [3.8, 4) is 5.75 Å². The summed E-state index contributed by atoms with van der Waals surface area (Å²) in [6, 6.07) is 11.7. The van der Waals surface area contributed by atoms with Crippen LogP contribution in [0.4, 0.5) is 11.4 Å². The molecule has 0 unspecified atom stereocenters. The topological polar surface area (TPSA) is 88.2 Å². The fraction of sp³-hybridized carbons (Fsp3) is 0. The number of anilines is 2. The molecule has 0 aliphatic carbocycles. The molecule has 0 saturated carbocycles. The molecule has 5 nitrogen and oxygen atoms in total. The van der Waals surface area contributed by atoms with Gasteiger partial charge < -0.3 is 16.2 Å². The van der Waals surface area contributed by atoms with Crippen molar-refractivity contribution < 1.29 is 9.90 Å². The highest BCUT2D eigenvalue weighted by molar-refractivity contribution is 9.10. The van der Waals surface area contributed by atoms with Crippen LogP contribution in [0.1, 0.15) is 10.5 Å². The number of phenolic OH excluding ortho intramolecular Hbond substituents is 1. The molecule has 1 aromatic heterocycles. The van der Waals surface area contributed by atoms with Crippen molar-refractivity contribution in [2.24, 2.45) is 0 Å². The van der Waals surface area contributed by atoms with E-state index in [1.165, 1.54) is 12.1 Å². The van der Waals surface area contributed by atoms with E-state index in [0.717, 1.165) is 9.86 Å². The number of carbonyl (C=O) groups excluding carboxylic acids is 1. The number of aromatic nitrogens is 1. The number of carbonyl (C=O) groups is 1. The van der Waals surface area contributed by atoms with Crippen LogP contribution in [0, 0.1) is 0 Å². The van der Waals surface area contributed by atoms with Gasteiger partial charge in [0.05, 0.1) is 0 Å². The molecule has 1 heterocycles. The molecular weight excluding hydrogens is 346 g/mol. The molecule has 0 aliphatic heterocycles. The Hall–Kier alpha value is -2.60. The van der Waals surface area contributed by atoms with Crippen LogP contribution in [-0.4, -0.2) is 16.0 Å². The van der Waals surface area contributed by atoms with Gasteiger partial charge in [0.25, 0.3) is 5.91 Å². The lowest BCUT2D eigenvalue weighted by Gasteiger charge is -2.09. The Bertz CT molecular complexity index is 880. The number of nitrogens with zero attached hydrogens (tertiary/aromatic N) is 1. The zero-order chi connectivity index (χ0) is 15.7. The average Bonchev–Trinajstić information content (AvgIpc) is 2.46. The van der Waals surface area contributed by atoms with E-state index in [1.54, 1.807) is 36.5 Å². The van der Waals surface area contributed by atoms with Crippen molar-refractivity contribution in [2.45, 2.75) is 0 Å². The molecule has 0 radical (unpaired) electrons. The largest absolute Gasteiger partial charge is 0.508 e. The molecule has 4 N–H and O–H groups in total. The van der Waals surface area contributed by atoms with Gasteiger partial charge in [0, 0.05) is 38.9 Å². The highest BCUT2D eigenvalue weighted by atomic mass is 79.9. The fourth-order valence-corrected chi connectivity index (χ4v) is 2.71. The number of amides is 1. The van der Waals surface area contributed by atoms with Crippen LogP contribution in [-0.2, 0) is 0 Å². The Kier molecular flexibility index (Phi) is 3.68. The number of hydrogen-bond donors (Lipinski definition) is 3. The molecule has 110 valence electrons. The third-order valence-corrected chi connectivity index (χ3v) is 3.65. The van der Waals surface area contributed by atoms with E-state index in [-0.39, 0.29) is 17.4 Å². The Morgan fingerprint density at radius 2 is 2.00 bits per heavy atom. The lowest BCUT2D eigenvalue weighted by molar-refractivity contribution is 0.102. The molecule has 3 aromatic rings. The summed E-state index contributed by atoms with van der Waals surface area (Å²) >= 11 is 3.37. The van der Waals surface area contributed by atoms with Gasteiger partial charge in [0.1, 0.15) is 11.4 Å². The van der Waals surface area contributed by atoms with E-state index in [9.17, 15) is 9.90 Å². The predicted octanol–water partition coefficient (Wildman–Crippen LogP) is 3.54. The molecule has 0 spiro atoms. The first-order valence-electron chi connectivity index (χ1n) is 6.49. The Labute approximate surface area is 134 Å². The van der Waals surface area contributed by atoms with Crippen molar-refractivity contribution in [3.63, 3.8) is 0 Å². The van der Waals surface area contributed by atoms with Gasteiger partial charge in [0.15, 0.2) is 0 Å². The Balaban J connectivity index is 2.04. The quantitative estimate of drug-likeness (QED) is 0.612. The first-order valence-corrected chi connectivity index (χ1v) is 7.28. The van der Waals surface area contributed by atoms with Crippen molar-refractivity contribution >= 4 is 44.0 Å². The minimum atomic E-state index is -0.367. The van der Waals surface area contributed by atoms with Crippen LogP contribution < -0.4 is 11.1 Å². The van der Waals surface area contributed by atoms with E-state index in [0.29, 0.717) is 16.8 Å². The first-order chi connectivity index (χ1) is 10.5. The minimum absolute atomic E-state index is 0.0793. The van der Waals surface area contributed by atoms with Crippen molar-refractivity contribution in [1.82, 2.24) is 4.98 Å². The third kappa shape index (κ3) is 2.73. The summed E-state index contributed by atoms with van der Waals surface area (Å²) in [7, 11) is 0. The van der Waals surface area contributed by atoms with Crippen LogP contribution in [0.15, 0.2) is 53.1 Å². The van der Waals surface area contributed by atoms with Gasteiger partial charge in [-0.15, -0.1) is 0 Å². The minimum Gasteiger partial charge on any atom is -0.508 e. The summed E-state index contributed by atoms with van der Waals surface area (Å²) in [5.41, 5.74) is 7.31. The van der Waals surface area contributed by atoms with E-state index in [4.69, 9.17) is 5.73 Å². The van der Waals surface area contributed by atoms with Crippen LogP contribution in [0.5, 0.6) is 5.75 Å². The fourth-order valence-electron chi connectivity index (χ4n) is 2.23. The molecule has 0 bridgehead atoms. The smallest absolute Gasteiger partial charge is 0.274 e. The van der Waals surface area contributed by atoms with Crippen molar-refractivity contribution in [3.05, 3.63) is 58.8 Å². The SMILES string of the molecule is Nc1cc(Br)cc2c(C(=O)Nc3cccc(O)c3)nccc12. The molecule has 6 heteroatoms. The average molecular weight is 358 g/mol. The maximum atomic E-state index is 12.5. The zero-order valence-electron chi connectivity index (χ0n) is 11.4. The molecule has 2 aromatic carbocycles. The number of hydrogen-bond acceptors (Lipinski definition) is 4. The molecule has 3 rings (SSSR count). The van der Waals surface area contributed by atoms with E-state index >= 15 is 0 Å². The van der Waals surface area contributed by atoms with Crippen LogP contribution in [0.2, 0.25) is 0 Å². The van der Waals surface area contributed by atoms with E-state index < -0.39 is 0 Å². The van der Waals surface area contributed by atoms with Crippen LogP contribution in [0.3, 0.4) is 0 Å². The number of nitrogens with two attached hydrogens (primary N) is 1. The second kappa shape index (κ2) is 5.65. The maximum absolute atomic E-state index is 12.5. The molecule has 22 heavy (non-hydrogen) atoms. The van der Waals surface area contributed by atoms with Gasteiger partial charge in [-0.1, -0.05) is 22.0 Å². The van der Waals surface area contributed by atoms with E-state index in [1.807, 2.05) is 0 Å². The van der Waals surface area contributed by atoms with Gasteiger partial charge in [-0.05, 0) is 30.3 Å². The summed E-state index contributed by atoms with van der Waals surface area (Å²) in [5.74, 6) is -0.288. The van der Waals surface area contributed by atoms with Gasteiger partial charge >= 0.3 is 0 Å². The van der Waals surface area contributed by atoms with Crippen molar-refractivity contribution in [1.29, 1.82) is 0 Å². The molecule has 0 atom stereocenters. The lowest BCUT2D eigenvalue weighted by atomic mass is 10.1. The first kappa shape index (κ1) is 14.3. The van der Waals surface area contributed by atoms with Crippen molar-refractivity contribution in [2.75, 3.05) is 11.1 Å².